The molecule has 25 heavy (non-hydrogen) atoms. The first-order valence-corrected chi connectivity index (χ1v) is 9.05. The molecule has 0 unspecified atom stereocenters. The SMILES string of the molecule is Cc1cncc(C(=O)N[C@H]2CC[C@@H]3[C@H]2CCN3Cc2ccnn2C)c1. The van der Waals surface area contributed by atoms with Gasteiger partial charge < -0.3 is 5.32 Å². The van der Waals surface area contributed by atoms with Crippen LogP contribution in [0.1, 0.15) is 40.9 Å². The molecule has 1 aliphatic carbocycles. The molecule has 132 valence electrons. The Hall–Kier alpha value is -2.21. The first-order chi connectivity index (χ1) is 12.1. The molecular formula is C19H25N5O. The molecule has 6 heteroatoms. The van der Waals surface area contributed by atoms with Crippen molar-refractivity contribution in [2.75, 3.05) is 6.54 Å². The predicted octanol–water partition coefficient (Wildman–Crippen LogP) is 1.91. The number of carbonyl (C=O) groups is 1. The lowest BCUT2D eigenvalue weighted by molar-refractivity contribution is 0.0926. The molecule has 1 saturated heterocycles. The fourth-order valence-corrected chi connectivity index (χ4v) is 4.45. The van der Waals surface area contributed by atoms with E-state index in [4.69, 9.17) is 0 Å². The second-order valence-electron chi connectivity index (χ2n) is 7.34. The molecule has 1 saturated carbocycles. The van der Waals surface area contributed by atoms with E-state index in [0.29, 0.717) is 17.5 Å². The van der Waals surface area contributed by atoms with Gasteiger partial charge in [0.05, 0.1) is 11.3 Å². The molecule has 2 aromatic rings. The number of carbonyl (C=O) groups excluding carboxylic acids is 1. The van der Waals surface area contributed by atoms with E-state index in [1.54, 1.807) is 12.4 Å². The number of likely N-dealkylation sites (tertiary alicyclic amines) is 1. The highest BCUT2D eigenvalue weighted by Gasteiger charge is 2.44. The topological polar surface area (TPSA) is 63.1 Å². The average Bonchev–Trinajstić information content (AvgIpc) is 3.28. The van der Waals surface area contributed by atoms with E-state index in [1.807, 2.05) is 30.9 Å². The number of fused-ring (bicyclic) bond motifs is 1. The standard InChI is InChI=1S/C19H25N5O/c1-13-9-14(11-20-10-13)19(25)22-17-3-4-18-16(17)6-8-24(18)12-15-5-7-21-23(15)2/h5,7,9-11,16-18H,3-4,6,8,12H2,1-2H3,(H,22,25)/t16-,17-,18+/m0/s1. The number of aromatic nitrogens is 3. The fourth-order valence-electron chi connectivity index (χ4n) is 4.45. The van der Waals surface area contributed by atoms with Gasteiger partial charge in [0.15, 0.2) is 0 Å². The van der Waals surface area contributed by atoms with Crippen molar-refractivity contribution in [2.45, 2.75) is 44.8 Å². The number of hydrogen-bond acceptors (Lipinski definition) is 4. The predicted molar refractivity (Wildman–Crippen MR) is 95.0 cm³/mol. The Kier molecular flexibility index (Phi) is 4.29. The summed E-state index contributed by atoms with van der Waals surface area (Å²) >= 11 is 0. The molecule has 0 aromatic carbocycles. The van der Waals surface area contributed by atoms with Crippen LogP contribution in [0.4, 0.5) is 0 Å². The molecule has 4 rings (SSSR count). The molecular weight excluding hydrogens is 314 g/mol. The summed E-state index contributed by atoms with van der Waals surface area (Å²) in [5.74, 6) is 0.557. The molecule has 1 N–H and O–H groups in total. The van der Waals surface area contributed by atoms with Crippen molar-refractivity contribution in [3.05, 3.63) is 47.5 Å². The number of hydrogen-bond donors (Lipinski definition) is 1. The van der Waals surface area contributed by atoms with Crippen LogP contribution in [-0.2, 0) is 13.6 Å². The van der Waals surface area contributed by atoms with E-state index in [2.05, 4.69) is 26.4 Å². The quantitative estimate of drug-likeness (QED) is 0.924. The van der Waals surface area contributed by atoms with Crippen LogP contribution < -0.4 is 5.32 Å². The molecule has 6 nitrogen and oxygen atoms in total. The number of pyridine rings is 1. The van der Waals surface area contributed by atoms with Crippen LogP contribution in [0, 0.1) is 12.8 Å². The third-order valence-electron chi connectivity index (χ3n) is 5.74. The van der Waals surface area contributed by atoms with Gasteiger partial charge in [0.1, 0.15) is 0 Å². The van der Waals surface area contributed by atoms with E-state index in [0.717, 1.165) is 37.9 Å². The first kappa shape index (κ1) is 16.3. The smallest absolute Gasteiger partial charge is 0.253 e. The summed E-state index contributed by atoms with van der Waals surface area (Å²) in [5.41, 5.74) is 2.92. The summed E-state index contributed by atoms with van der Waals surface area (Å²) in [6, 6.07) is 4.83. The highest BCUT2D eigenvalue weighted by Crippen LogP contribution is 2.38. The largest absolute Gasteiger partial charge is 0.349 e. The summed E-state index contributed by atoms with van der Waals surface area (Å²) in [5, 5.41) is 7.53. The Balaban J connectivity index is 1.40. The van der Waals surface area contributed by atoms with Crippen LogP contribution in [0.2, 0.25) is 0 Å². The highest BCUT2D eigenvalue weighted by atomic mass is 16.1. The minimum Gasteiger partial charge on any atom is -0.349 e. The zero-order valence-electron chi connectivity index (χ0n) is 14.9. The Bertz CT molecular complexity index is 771. The van der Waals surface area contributed by atoms with Gasteiger partial charge in [0, 0.05) is 44.3 Å². The van der Waals surface area contributed by atoms with Crippen LogP contribution >= 0.6 is 0 Å². The van der Waals surface area contributed by atoms with Crippen LogP contribution in [0.5, 0.6) is 0 Å². The molecule has 0 bridgehead atoms. The van der Waals surface area contributed by atoms with Gasteiger partial charge in [-0.1, -0.05) is 0 Å². The van der Waals surface area contributed by atoms with Crippen molar-refractivity contribution >= 4 is 5.91 Å². The van der Waals surface area contributed by atoms with Crippen molar-refractivity contribution in [1.82, 2.24) is 25.0 Å². The fraction of sp³-hybridized carbons (Fsp3) is 0.526. The maximum atomic E-state index is 12.5. The van der Waals surface area contributed by atoms with Crippen molar-refractivity contribution in [1.29, 1.82) is 0 Å². The molecule has 2 fully saturated rings. The van der Waals surface area contributed by atoms with E-state index in [-0.39, 0.29) is 11.9 Å². The monoisotopic (exact) mass is 339 g/mol. The number of nitrogens with one attached hydrogen (secondary N) is 1. The van der Waals surface area contributed by atoms with Gasteiger partial charge in [0.25, 0.3) is 5.91 Å². The zero-order chi connectivity index (χ0) is 17.4. The third-order valence-corrected chi connectivity index (χ3v) is 5.74. The number of nitrogens with zero attached hydrogens (tertiary/aromatic N) is 4. The Labute approximate surface area is 148 Å². The van der Waals surface area contributed by atoms with Gasteiger partial charge in [-0.15, -0.1) is 0 Å². The minimum absolute atomic E-state index is 0.00642. The lowest BCUT2D eigenvalue weighted by Gasteiger charge is -2.24. The van der Waals surface area contributed by atoms with Gasteiger partial charge in [-0.3, -0.25) is 19.4 Å². The second kappa shape index (κ2) is 6.59. The maximum absolute atomic E-state index is 12.5. The lowest BCUT2D eigenvalue weighted by Crippen LogP contribution is -2.39. The van der Waals surface area contributed by atoms with Crippen LogP contribution in [-0.4, -0.2) is 44.2 Å². The number of aryl methyl sites for hydroxylation is 2. The van der Waals surface area contributed by atoms with Crippen molar-refractivity contribution in [3.8, 4) is 0 Å². The summed E-state index contributed by atoms with van der Waals surface area (Å²) in [6.45, 7) is 4.00. The summed E-state index contributed by atoms with van der Waals surface area (Å²) in [7, 11) is 2.00. The summed E-state index contributed by atoms with van der Waals surface area (Å²) in [4.78, 5) is 19.2. The van der Waals surface area contributed by atoms with Crippen LogP contribution in [0.25, 0.3) is 0 Å². The van der Waals surface area contributed by atoms with E-state index in [9.17, 15) is 4.79 Å². The van der Waals surface area contributed by atoms with E-state index >= 15 is 0 Å². The van der Waals surface area contributed by atoms with Crippen LogP contribution in [0.3, 0.4) is 0 Å². The number of rotatable bonds is 4. The molecule has 1 amide bonds. The third kappa shape index (κ3) is 3.18. The van der Waals surface area contributed by atoms with Crippen molar-refractivity contribution in [3.63, 3.8) is 0 Å². The minimum atomic E-state index is 0.00642. The number of amides is 1. The van der Waals surface area contributed by atoms with Gasteiger partial charge in [-0.25, -0.2) is 0 Å². The zero-order valence-corrected chi connectivity index (χ0v) is 14.9. The van der Waals surface area contributed by atoms with Crippen molar-refractivity contribution < 1.29 is 4.79 Å². The second-order valence-corrected chi connectivity index (χ2v) is 7.34. The van der Waals surface area contributed by atoms with E-state index in [1.165, 1.54) is 5.69 Å². The Morgan fingerprint density at radius 3 is 2.96 bits per heavy atom. The summed E-state index contributed by atoms with van der Waals surface area (Å²) in [6.07, 6.45) is 8.64. The molecule has 2 aliphatic rings. The first-order valence-electron chi connectivity index (χ1n) is 9.05. The van der Waals surface area contributed by atoms with Gasteiger partial charge in [-0.05, 0) is 56.3 Å². The lowest BCUT2D eigenvalue weighted by atomic mass is 9.99. The van der Waals surface area contributed by atoms with E-state index < -0.39 is 0 Å². The highest BCUT2D eigenvalue weighted by molar-refractivity contribution is 5.94. The average molecular weight is 339 g/mol. The molecule has 1 aliphatic heterocycles. The molecule has 3 heterocycles. The van der Waals surface area contributed by atoms with Crippen molar-refractivity contribution in [2.24, 2.45) is 13.0 Å². The normalized spacial score (nSPS) is 25.9. The Morgan fingerprint density at radius 1 is 1.32 bits per heavy atom. The van der Waals surface area contributed by atoms with Gasteiger partial charge in [-0.2, -0.15) is 5.10 Å². The van der Waals surface area contributed by atoms with Gasteiger partial charge >= 0.3 is 0 Å². The molecule has 0 spiro atoms. The molecule has 3 atom stereocenters. The molecule has 2 aromatic heterocycles. The van der Waals surface area contributed by atoms with Crippen LogP contribution in [0.15, 0.2) is 30.7 Å². The van der Waals surface area contributed by atoms with Gasteiger partial charge in [0.2, 0.25) is 0 Å². The maximum Gasteiger partial charge on any atom is 0.253 e. The Morgan fingerprint density at radius 2 is 2.20 bits per heavy atom. The summed E-state index contributed by atoms with van der Waals surface area (Å²) < 4.78 is 1.95. The molecule has 0 radical (unpaired) electrons.